The second-order valence-electron chi connectivity index (χ2n) is 5.18. The van der Waals surface area contributed by atoms with Gasteiger partial charge in [-0.2, -0.15) is 11.3 Å². The van der Waals surface area contributed by atoms with Crippen LogP contribution in [0.1, 0.15) is 25.3 Å². The predicted octanol–water partition coefficient (Wildman–Crippen LogP) is 2.12. The largest absolute Gasteiger partial charge is 0.462 e. The second kappa shape index (κ2) is 5.18. The molecule has 4 nitrogen and oxygen atoms in total. The van der Waals surface area contributed by atoms with Crippen LogP contribution in [0.4, 0.5) is 0 Å². The average Bonchev–Trinajstić information content (AvgIpc) is 2.92. The Morgan fingerprint density at radius 1 is 1.55 bits per heavy atom. The number of hydrogen-bond donors (Lipinski definition) is 2. The molecule has 0 amide bonds. The third-order valence-electron chi connectivity index (χ3n) is 3.67. The molecule has 1 spiro atoms. The monoisotopic (exact) mass is 308 g/mol. The molecule has 2 N–H and O–H groups in total. The van der Waals surface area contributed by atoms with Crippen LogP contribution < -0.4 is 10.6 Å². The summed E-state index contributed by atoms with van der Waals surface area (Å²) in [6, 6.07) is 2.05. The van der Waals surface area contributed by atoms with E-state index in [1.54, 1.807) is 11.3 Å². The summed E-state index contributed by atoms with van der Waals surface area (Å²) < 4.78 is 5.42. The molecule has 0 saturated heterocycles. The lowest BCUT2D eigenvalue weighted by atomic mass is 10.0. The molecule has 0 radical (unpaired) electrons. The van der Waals surface area contributed by atoms with E-state index in [9.17, 15) is 4.79 Å². The number of thiocarbonyl (C=S) groups is 1. The van der Waals surface area contributed by atoms with Crippen LogP contribution >= 0.6 is 23.6 Å². The van der Waals surface area contributed by atoms with Crippen molar-refractivity contribution in [3.8, 4) is 0 Å². The zero-order valence-corrected chi connectivity index (χ0v) is 12.8. The Morgan fingerprint density at radius 3 is 3.00 bits per heavy atom. The molecule has 1 aliphatic carbocycles. The van der Waals surface area contributed by atoms with Gasteiger partial charge in [-0.3, -0.25) is 0 Å². The smallest absolute Gasteiger partial charge is 0.338 e. The number of ether oxygens (including phenoxy) is 1. The first kappa shape index (κ1) is 13.6. The molecule has 20 heavy (non-hydrogen) atoms. The number of carbonyl (C=O) groups excluding carboxylic acids is 1. The fraction of sp³-hybridized carbons (Fsp3) is 0.429. The van der Waals surface area contributed by atoms with Crippen LogP contribution in [-0.2, 0) is 16.0 Å². The third kappa shape index (κ3) is 2.58. The Kier molecular flexibility index (Phi) is 3.52. The first-order chi connectivity index (χ1) is 9.61. The van der Waals surface area contributed by atoms with E-state index in [4.69, 9.17) is 17.0 Å². The van der Waals surface area contributed by atoms with Gasteiger partial charge in [0.05, 0.1) is 17.7 Å². The van der Waals surface area contributed by atoms with E-state index in [0.29, 0.717) is 17.3 Å². The van der Waals surface area contributed by atoms with Crippen molar-refractivity contribution in [1.82, 2.24) is 10.6 Å². The molecule has 6 heteroatoms. The van der Waals surface area contributed by atoms with Gasteiger partial charge in [-0.1, -0.05) is 0 Å². The van der Waals surface area contributed by atoms with E-state index < -0.39 is 0 Å². The van der Waals surface area contributed by atoms with Gasteiger partial charge >= 0.3 is 5.97 Å². The normalized spacial score (nSPS) is 19.6. The van der Waals surface area contributed by atoms with Crippen LogP contribution in [0.25, 0.3) is 0 Å². The van der Waals surface area contributed by atoms with Crippen molar-refractivity contribution >= 4 is 34.6 Å². The Bertz CT molecular complexity index is 574. The van der Waals surface area contributed by atoms with E-state index >= 15 is 0 Å². The fourth-order valence-corrected chi connectivity index (χ4v) is 3.57. The maximum atomic E-state index is 12.3. The summed E-state index contributed by atoms with van der Waals surface area (Å²) in [6.45, 7) is 2.29. The maximum Gasteiger partial charge on any atom is 0.338 e. The van der Waals surface area contributed by atoms with Crippen molar-refractivity contribution in [2.24, 2.45) is 0 Å². The van der Waals surface area contributed by atoms with Crippen molar-refractivity contribution in [2.45, 2.75) is 31.7 Å². The SMILES string of the molecule is CC1=C(C(=O)OCCc2ccsc2)C2(CC2)NC(=S)N1. The number of allylic oxidation sites excluding steroid dienone is 1. The lowest BCUT2D eigenvalue weighted by molar-refractivity contribution is -0.139. The average molecular weight is 308 g/mol. The molecular formula is C14H16N2O2S2. The Balaban J connectivity index is 1.64. The third-order valence-corrected chi connectivity index (χ3v) is 4.60. The highest BCUT2D eigenvalue weighted by molar-refractivity contribution is 7.80. The molecule has 0 bridgehead atoms. The van der Waals surface area contributed by atoms with Gasteiger partial charge in [-0.15, -0.1) is 0 Å². The minimum Gasteiger partial charge on any atom is -0.462 e. The Morgan fingerprint density at radius 2 is 2.35 bits per heavy atom. The lowest BCUT2D eigenvalue weighted by Gasteiger charge is -2.29. The molecular weight excluding hydrogens is 292 g/mol. The summed E-state index contributed by atoms with van der Waals surface area (Å²) in [4.78, 5) is 12.3. The molecule has 0 aromatic carbocycles. The molecule has 1 fully saturated rings. The molecule has 1 aromatic rings. The highest BCUT2D eigenvalue weighted by Gasteiger charge is 2.52. The van der Waals surface area contributed by atoms with Gasteiger partial charge in [0.15, 0.2) is 5.11 Å². The summed E-state index contributed by atoms with van der Waals surface area (Å²) in [5.41, 5.74) is 2.45. The van der Waals surface area contributed by atoms with Gasteiger partial charge in [0.25, 0.3) is 0 Å². The lowest BCUT2D eigenvalue weighted by Crippen LogP contribution is -2.51. The highest BCUT2D eigenvalue weighted by Crippen LogP contribution is 2.45. The molecule has 1 aromatic heterocycles. The number of esters is 1. The summed E-state index contributed by atoms with van der Waals surface area (Å²) in [5, 5.41) is 10.9. The first-order valence-electron chi connectivity index (χ1n) is 6.59. The van der Waals surface area contributed by atoms with Crippen LogP contribution in [0.3, 0.4) is 0 Å². The van der Waals surface area contributed by atoms with Gasteiger partial charge in [0.2, 0.25) is 0 Å². The van der Waals surface area contributed by atoms with Crippen LogP contribution in [0.2, 0.25) is 0 Å². The summed E-state index contributed by atoms with van der Waals surface area (Å²) in [6.07, 6.45) is 2.62. The van der Waals surface area contributed by atoms with Gasteiger partial charge in [0.1, 0.15) is 0 Å². The van der Waals surface area contributed by atoms with Crippen LogP contribution in [0, 0.1) is 0 Å². The van der Waals surface area contributed by atoms with Crippen LogP contribution in [-0.4, -0.2) is 23.2 Å². The zero-order valence-electron chi connectivity index (χ0n) is 11.2. The maximum absolute atomic E-state index is 12.3. The minimum atomic E-state index is -0.272. The molecule has 2 heterocycles. The topological polar surface area (TPSA) is 50.4 Å². The first-order valence-corrected chi connectivity index (χ1v) is 7.94. The van der Waals surface area contributed by atoms with Gasteiger partial charge in [0, 0.05) is 12.1 Å². The molecule has 3 rings (SSSR count). The molecule has 1 aliphatic heterocycles. The predicted molar refractivity (Wildman–Crippen MR) is 82.5 cm³/mol. The summed E-state index contributed by atoms with van der Waals surface area (Å²) in [7, 11) is 0. The quantitative estimate of drug-likeness (QED) is 0.659. The van der Waals surface area contributed by atoms with E-state index in [1.165, 1.54) is 5.56 Å². The van der Waals surface area contributed by atoms with Crippen molar-refractivity contribution in [3.05, 3.63) is 33.7 Å². The second-order valence-corrected chi connectivity index (χ2v) is 6.37. The van der Waals surface area contributed by atoms with Gasteiger partial charge < -0.3 is 15.4 Å². The van der Waals surface area contributed by atoms with Crippen LogP contribution in [0.15, 0.2) is 28.1 Å². The van der Waals surface area contributed by atoms with Gasteiger partial charge in [-0.05, 0) is 54.4 Å². The van der Waals surface area contributed by atoms with Crippen LogP contribution in [0.5, 0.6) is 0 Å². The van der Waals surface area contributed by atoms with E-state index in [1.807, 2.05) is 18.4 Å². The van der Waals surface area contributed by atoms with E-state index in [-0.39, 0.29) is 11.5 Å². The fourth-order valence-electron chi connectivity index (χ4n) is 2.52. The number of thiophene rings is 1. The molecule has 106 valence electrons. The molecule has 0 unspecified atom stereocenters. The molecule has 2 aliphatic rings. The van der Waals surface area contributed by atoms with Crippen molar-refractivity contribution in [2.75, 3.05) is 6.61 Å². The minimum absolute atomic E-state index is 0.238. The van der Waals surface area contributed by atoms with E-state index in [0.717, 1.165) is 25.0 Å². The van der Waals surface area contributed by atoms with Crippen molar-refractivity contribution in [3.63, 3.8) is 0 Å². The van der Waals surface area contributed by atoms with Crippen molar-refractivity contribution < 1.29 is 9.53 Å². The molecule has 1 saturated carbocycles. The number of nitrogens with one attached hydrogen (secondary N) is 2. The standard InChI is InChI=1S/C14H16N2O2S2/c1-9-11(14(4-5-14)16-13(19)15-9)12(17)18-6-2-10-3-7-20-8-10/h3,7-8H,2,4-6H2,1H3,(H2,15,16,19). The zero-order chi connectivity index (χ0) is 14.2. The number of carbonyl (C=O) groups is 1. The van der Waals surface area contributed by atoms with Gasteiger partial charge in [-0.25, -0.2) is 4.79 Å². The Labute approximate surface area is 127 Å². The summed E-state index contributed by atoms with van der Waals surface area (Å²) >= 11 is 6.80. The van der Waals surface area contributed by atoms with E-state index in [2.05, 4.69) is 16.0 Å². The highest BCUT2D eigenvalue weighted by atomic mass is 32.1. The van der Waals surface area contributed by atoms with Crippen molar-refractivity contribution in [1.29, 1.82) is 0 Å². The number of hydrogen-bond acceptors (Lipinski definition) is 4. The summed E-state index contributed by atoms with van der Waals surface area (Å²) in [5.74, 6) is -0.238. The number of rotatable bonds is 4. The molecule has 0 atom stereocenters. The Hall–Kier alpha value is -1.40.